The summed E-state index contributed by atoms with van der Waals surface area (Å²) in [7, 11) is 0. The minimum Gasteiger partial charge on any atom is -0.392 e. The molecule has 0 aromatic heterocycles. The Balaban J connectivity index is 2.41. The first-order valence-electron chi connectivity index (χ1n) is 5.86. The average molecular weight is 243 g/mol. The van der Waals surface area contributed by atoms with E-state index in [2.05, 4.69) is 11.8 Å². The van der Waals surface area contributed by atoms with Crippen molar-refractivity contribution >= 4 is 23.1 Å². The van der Waals surface area contributed by atoms with Gasteiger partial charge in [0.25, 0.3) is 0 Å². The number of piperidine rings is 1. The summed E-state index contributed by atoms with van der Waals surface area (Å²) in [5.41, 5.74) is 10.9. The molecule has 1 saturated heterocycles. The molecule has 1 aliphatic heterocycles. The minimum atomic E-state index is -0.195. The van der Waals surface area contributed by atoms with E-state index >= 15 is 0 Å². The molecular weight excluding hydrogens is 222 g/mol. The van der Waals surface area contributed by atoms with Gasteiger partial charge in [0.2, 0.25) is 5.91 Å². The van der Waals surface area contributed by atoms with Gasteiger partial charge in [-0.15, -0.1) is 0 Å². The molecule has 1 rings (SSSR count). The monoisotopic (exact) mass is 243 g/mol. The van der Waals surface area contributed by atoms with E-state index in [1.807, 2.05) is 0 Å². The molecule has 16 heavy (non-hydrogen) atoms. The number of carbonyl (C=O) groups excluding carboxylic acids is 1. The van der Waals surface area contributed by atoms with Gasteiger partial charge >= 0.3 is 0 Å². The first-order valence-corrected chi connectivity index (χ1v) is 6.27. The van der Waals surface area contributed by atoms with Crippen molar-refractivity contribution in [3.8, 4) is 0 Å². The van der Waals surface area contributed by atoms with Crippen LogP contribution in [0.25, 0.3) is 0 Å². The second-order valence-electron chi connectivity index (χ2n) is 4.48. The highest BCUT2D eigenvalue weighted by Crippen LogP contribution is 2.22. The van der Waals surface area contributed by atoms with Gasteiger partial charge in [0.05, 0.1) is 11.0 Å². The van der Waals surface area contributed by atoms with Gasteiger partial charge in [-0.3, -0.25) is 9.69 Å². The van der Waals surface area contributed by atoms with Gasteiger partial charge < -0.3 is 11.5 Å². The number of primary amides is 1. The third-order valence-electron chi connectivity index (χ3n) is 3.29. The molecule has 1 amide bonds. The Morgan fingerprint density at radius 2 is 2.00 bits per heavy atom. The second-order valence-corrected chi connectivity index (χ2v) is 4.95. The standard InChI is InChI=1S/C11H21N3OS/c1-2-9(11(13)16)14-5-3-8(4-6-14)7-10(12)15/h8-9H,2-7H2,1H3,(H2,12,15)(H2,13,16). The van der Waals surface area contributed by atoms with Gasteiger partial charge in [0.15, 0.2) is 0 Å². The van der Waals surface area contributed by atoms with Gasteiger partial charge in [0.1, 0.15) is 0 Å². The summed E-state index contributed by atoms with van der Waals surface area (Å²) in [6.07, 6.45) is 3.50. The Kier molecular flexibility index (Phi) is 5.15. The molecule has 0 saturated carbocycles. The van der Waals surface area contributed by atoms with Crippen molar-refractivity contribution < 1.29 is 4.79 Å². The largest absolute Gasteiger partial charge is 0.392 e. The maximum absolute atomic E-state index is 10.8. The Morgan fingerprint density at radius 3 is 2.38 bits per heavy atom. The van der Waals surface area contributed by atoms with Gasteiger partial charge in [-0.1, -0.05) is 19.1 Å². The number of likely N-dealkylation sites (tertiary alicyclic amines) is 1. The molecule has 4 nitrogen and oxygen atoms in total. The van der Waals surface area contributed by atoms with Crippen molar-refractivity contribution in [2.75, 3.05) is 13.1 Å². The topological polar surface area (TPSA) is 72.3 Å². The van der Waals surface area contributed by atoms with E-state index in [1.54, 1.807) is 0 Å². The van der Waals surface area contributed by atoms with Crippen molar-refractivity contribution in [1.82, 2.24) is 4.90 Å². The molecule has 0 radical (unpaired) electrons. The molecule has 0 aromatic carbocycles. The molecule has 0 spiro atoms. The molecule has 1 aliphatic rings. The molecule has 1 unspecified atom stereocenters. The summed E-state index contributed by atoms with van der Waals surface area (Å²) in [4.78, 5) is 13.7. The number of nitrogens with two attached hydrogens (primary N) is 2. The molecule has 0 aromatic rings. The van der Waals surface area contributed by atoms with Crippen molar-refractivity contribution in [3.05, 3.63) is 0 Å². The summed E-state index contributed by atoms with van der Waals surface area (Å²) >= 11 is 5.06. The first kappa shape index (κ1) is 13.4. The molecule has 92 valence electrons. The second kappa shape index (κ2) is 6.15. The number of amides is 1. The maximum Gasteiger partial charge on any atom is 0.217 e. The number of thiocarbonyl (C=S) groups is 1. The van der Waals surface area contributed by atoms with E-state index in [1.165, 1.54) is 0 Å². The first-order chi connectivity index (χ1) is 7.54. The van der Waals surface area contributed by atoms with Crippen LogP contribution in [0.5, 0.6) is 0 Å². The predicted octanol–water partition coefficient (Wildman–Crippen LogP) is 0.638. The fraction of sp³-hybridized carbons (Fsp3) is 0.818. The molecule has 1 atom stereocenters. The Labute approximate surface area is 102 Å². The highest BCUT2D eigenvalue weighted by atomic mass is 32.1. The summed E-state index contributed by atoms with van der Waals surface area (Å²) in [5, 5.41) is 0. The van der Waals surface area contributed by atoms with Crippen LogP contribution in [0.1, 0.15) is 32.6 Å². The third-order valence-corrected chi connectivity index (χ3v) is 3.57. The van der Waals surface area contributed by atoms with Gasteiger partial charge in [0, 0.05) is 6.42 Å². The zero-order valence-corrected chi connectivity index (χ0v) is 10.6. The van der Waals surface area contributed by atoms with E-state index < -0.39 is 0 Å². The number of carbonyl (C=O) groups is 1. The number of nitrogens with zero attached hydrogens (tertiary/aromatic N) is 1. The van der Waals surface area contributed by atoms with Crippen LogP contribution >= 0.6 is 12.2 Å². The summed E-state index contributed by atoms with van der Waals surface area (Å²) in [5.74, 6) is 0.248. The van der Waals surface area contributed by atoms with Crippen LogP contribution in [0.2, 0.25) is 0 Å². The van der Waals surface area contributed by atoms with Crippen molar-refractivity contribution in [2.24, 2.45) is 17.4 Å². The smallest absolute Gasteiger partial charge is 0.217 e. The SMILES string of the molecule is CCC(C(N)=S)N1CCC(CC(N)=O)CC1. The van der Waals surface area contributed by atoms with Gasteiger partial charge in [-0.25, -0.2) is 0 Å². The molecule has 5 heteroatoms. The van der Waals surface area contributed by atoms with Crippen molar-refractivity contribution in [1.29, 1.82) is 0 Å². The number of rotatable bonds is 5. The highest BCUT2D eigenvalue weighted by molar-refractivity contribution is 7.80. The average Bonchev–Trinajstić information content (AvgIpc) is 2.20. The fourth-order valence-corrected chi connectivity index (χ4v) is 2.71. The lowest BCUT2D eigenvalue weighted by Gasteiger charge is -2.36. The van der Waals surface area contributed by atoms with Crippen molar-refractivity contribution in [3.63, 3.8) is 0 Å². The van der Waals surface area contributed by atoms with Gasteiger partial charge in [-0.2, -0.15) is 0 Å². The molecule has 0 aliphatic carbocycles. The van der Waals surface area contributed by atoms with Crippen LogP contribution < -0.4 is 11.5 Å². The van der Waals surface area contributed by atoms with Crippen LogP contribution in [-0.2, 0) is 4.79 Å². The van der Waals surface area contributed by atoms with Crippen LogP contribution in [0.4, 0.5) is 0 Å². The molecule has 1 heterocycles. The molecule has 0 bridgehead atoms. The van der Waals surface area contributed by atoms with E-state index in [-0.39, 0.29) is 11.9 Å². The normalized spacial score (nSPS) is 20.6. The predicted molar refractivity (Wildman–Crippen MR) is 69.0 cm³/mol. The zero-order valence-electron chi connectivity index (χ0n) is 9.82. The van der Waals surface area contributed by atoms with Crippen molar-refractivity contribution in [2.45, 2.75) is 38.6 Å². The van der Waals surface area contributed by atoms with Crippen LogP contribution in [-0.4, -0.2) is 34.9 Å². The lowest BCUT2D eigenvalue weighted by atomic mass is 9.92. The Bertz CT molecular complexity index is 262. The molecule has 1 fully saturated rings. The Morgan fingerprint density at radius 1 is 1.44 bits per heavy atom. The Hall–Kier alpha value is -0.680. The zero-order chi connectivity index (χ0) is 12.1. The molecular formula is C11H21N3OS. The number of hydrogen-bond acceptors (Lipinski definition) is 3. The minimum absolute atomic E-state index is 0.195. The van der Waals surface area contributed by atoms with Crippen LogP contribution in [0, 0.1) is 5.92 Å². The lowest BCUT2D eigenvalue weighted by Crippen LogP contribution is -2.47. The van der Waals surface area contributed by atoms with E-state index in [0.717, 1.165) is 32.4 Å². The summed E-state index contributed by atoms with van der Waals surface area (Å²) < 4.78 is 0. The summed E-state index contributed by atoms with van der Waals surface area (Å²) in [6, 6.07) is 0.213. The van der Waals surface area contributed by atoms with Gasteiger partial charge in [-0.05, 0) is 38.3 Å². The lowest BCUT2D eigenvalue weighted by molar-refractivity contribution is -0.119. The third kappa shape index (κ3) is 3.72. The van der Waals surface area contributed by atoms with Crippen LogP contribution in [0.15, 0.2) is 0 Å². The maximum atomic E-state index is 10.8. The fourth-order valence-electron chi connectivity index (χ4n) is 2.39. The van der Waals surface area contributed by atoms with E-state index in [9.17, 15) is 4.79 Å². The number of hydrogen-bond donors (Lipinski definition) is 2. The molecule has 4 N–H and O–H groups in total. The summed E-state index contributed by atoms with van der Waals surface area (Å²) in [6.45, 7) is 4.03. The van der Waals surface area contributed by atoms with E-state index in [0.29, 0.717) is 17.3 Å². The quantitative estimate of drug-likeness (QED) is 0.695. The van der Waals surface area contributed by atoms with Crippen LogP contribution in [0.3, 0.4) is 0 Å². The highest BCUT2D eigenvalue weighted by Gasteiger charge is 2.26. The van der Waals surface area contributed by atoms with E-state index in [4.69, 9.17) is 23.7 Å².